The maximum atomic E-state index is 12.9. The molecule has 0 aliphatic carbocycles. The Morgan fingerprint density at radius 2 is 2.00 bits per heavy atom. The lowest BCUT2D eigenvalue weighted by molar-refractivity contribution is -0.125. The van der Waals surface area contributed by atoms with E-state index < -0.39 is 6.04 Å². The van der Waals surface area contributed by atoms with Crippen LogP contribution in [0, 0.1) is 0 Å². The van der Waals surface area contributed by atoms with E-state index in [2.05, 4.69) is 41.4 Å². The van der Waals surface area contributed by atoms with Crippen molar-refractivity contribution in [2.24, 2.45) is 0 Å². The average Bonchev–Trinajstić information content (AvgIpc) is 3.45. The molecule has 29 heavy (non-hydrogen) atoms. The maximum Gasteiger partial charge on any atom is 0.290 e. The molecule has 0 radical (unpaired) electrons. The van der Waals surface area contributed by atoms with Crippen LogP contribution in [0.1, 0.15) is 47.9 Å². The number of benzene rings is 1. The number of furan rings is 1. The molecule has 1 saturated heterocycles. The van der Waals surface area contributed by atoms with Gasteiger partial charge in [-0.15, -0.1) is 0 Å². The van der Waals surface area contributed by atoms with Gasteiger partial charge in [-0.2, -0.15) is 0 Å². The number of fused-ring (bicyclic) bond motifs is 1. The van der Waals surface area contributed by atoms with Crippen molar-refractivity contribution in [2.75, 3.05) is 19.6 Å². The molecule has 0 spiro atoms. The van der Waals surface area contributed by atoms with Gasteiger partial charge >= 0.3 is 0 Å². The fourth-order valence-electron chi connectivity index (χ4n) is 4.52. The van der Waals surface area contributed by atoms with Crippen molar-refractivity contribution < 1.29 is 14.0 Å². The van der Waals surface area contributed by atoms with E-state index in [1.807, 2.05) is 0 Å². The summed E-state index contributed by atoms with van der Waals surface area (Å²) in [5, 5.41) is 3.12. The van der Waals surface area contributed by atoms with Crippen LogP contribution in [0.5, 0.6) is 0 Å². The molecule has 1 fully saturated rings. The number of likely N-dealkylation sites (tertiary alicyclic amines) is 1. The first-order valence-corrected chi connectivity index (χ1v) is 10.6. The fraction of sp³-hybridized carbons (Fsp3) is 0.478. The van der Waals surface area contributed by atoms with Crippen molar-refractivity contribution in [2.45, 2.75) is 51.2 Å². The summed E-state index contributed by atoms with van der Waals surface area (Å²) >= 11 is 0. The van der Waals surface area contributed by atoms with Crippen LogP contribution in [-0.4, -0.2) is 53.3 Å². The van der Waals surface area contributed by atoms with Crippen molar-refractivity contribution >= 4 is 11.8 Å². The second-order valence-corrected chi connectivity index (χ2v) is 7.93. The van der Waals surface area contributed by atoms with E-state index >= 15 is 0 Å². The molecule has 154 valence electrons. The van der Waals surface area contributed by atoms with E-state index in [0.29, 0.717) is 31.3 Å². The topological polar surface area (TPSA) is 65.8 Å². The molecule has 0 saturated carbocycles. The molecule has 1 N–H and O–H groups in total. The highest BCUT2D eigenvalue weighted by Gasteiger charge is 2.35. The molecule has 2 aliphatic heterocycles. The largest absolute Gasteiger partial charge is 0.459 e. The maximum absolute atomic E-state index is 12.9. The van der Waals surface area contributed by atoms with Crippen LogP contribution in [-0.2, 0) is 17.8 Å². The highest BCUT2D eigenvalue weighted by molar-refractivity contribution is 5.95. The first-order valence-electron chi connectivity index (χ1n) is 10.6. The molecule has 4 rings (SSSR count). The number of hydrogen-bond acceptors (Lipinski definition) is 4. The Bertz CT molecular complexity index is 849. The van der Waals surface area contributed by atoms with Crippen molar-refractivity contribution in [1.82, 2.24) is 15.1 Å². The molecule has 1 aromatic carbocycles. The predicted octanol–water partition coefficient (Wildman–Crippen LogP) is 2.84. The third kappa shape index (κ3) is 4.22. The van der Waals surface area contributed by atoms with E-state index in [0.717, 1.165) is 32.4 Å². The quantitative estimate of drug-likeness (QED) is 0.817. The molecule has 3 heterocycles. The summed E-state index contributed by atoms with van der Waals surface area (Å²) in [7, 11) is 0. The third-order valence-electron chi connectivity index (χ3n) is 6.21. The van der Waals surface area contributed by atoms with Crippen LogP contribution in [0.25, 0.3) is 0 Å². The lowest BCUT2D eigenvalue weighted by atomic mass is 9.98. The lowest BCUT2D eigenvalue weighted by Gasteiger charge is -2.35. The molecule has 6 heteroatoms. The Morgan fingerprint density at radius 3 is 2.76 bits per heavy atom. The van der Waals surface area contributed by atoms with Gasteiger partial charge in [0.15, 0.2) is 5.76 Å². The van der Waals surface area contributed by atoms with Gasteiger partial charge in [-0.1, -0.05) is 31.2 Å². The molecule has 2 atom stereocenters. The first kappa shape index (κ1) is 19.7. The highest BCUT2D eigenvalue weighted by Crippen LogP contribution is 2.22. The normalized spacial score (nSPS) is 20.3. The lowest BCUT2D eigenvalue weighted by Crippen LogP contribution is -2.50. The Kier molecular flexibility index (Phi) is 6.00. The number of carbonyl (C=O) groups excluding carboxylic acids is 2. The van der Waals surface area contributed by atoms with Crippen LogP contribution in [0.3, 0.4) is 0 Å². The van der Waals surface area contributed by atoms with Crippen molar-refractivity contribution in [3.8, 4) is 0 Å². The van der Waals surface area contributed by atoms with Gasteiger partial charge < -0.3 is 14.6 Å². The Morgan fingerprint density at radius 1 is 1.17 bits per heavy atom. The summed E-state index contributed by atoms with van der Waals surface area (Å²) in [6, 6.07) is 11.8. The van der Waals surface area contributed by atoms with Gasteiger partial charge in [0, 0.05) is 32.2 Å². The highest BCUT2D eigenvalue weighted by atomic mass is 16.3. The van der Waals surface area contributed by atoms with Crippen molar-refractivity contribution in [3.63, 3.8) is 0 Å². The molecule has 2 aliphatic rings. The summed E-state index contributed by atoms with van der Waals surface area (Å²) in [5.41, 5.74) is 2.82. The average molecular weight is 396 g/mol. The summed E-state index contributed by atoms with van der Waals surface area (Å²) in [6.07, 6.45) is 5.05. The molecule has 1 aromatic heterocycles. The second-order valence-electron chi connectivity index (χ2n) is 7.93. The zero-order valence-electron chi connectivity index (χ0n) is 17.0. The van der Waals surface area contributed by atoms with Gasteiger partial charge in [0.25, 0.3) is 5.91 Å². The molecule has 2 unspecified atom stereocenters. The number of rotatable bonds is 6. The molecular formula is C23H29N3O3. The number of carbonyl (C=O) groups is 2. The summed E-state index contributed by atoms with van der Waals surface area (Å²) in [5.74, 6) is 0.0358. The third-order valence-corrected chi connectivity index (χ3v) is 6.21. The van der Waals surface area contributed by atoms with E-state index in [-0.39, 0.29) is 11.8 Å². The minimum Gasteiger partial charge on any atom is -0.459 e. The summed E-state index contributed by atoms with van der Waals surface area (Å²) in [6.45, 7) is 5.31. The van der Waals surface area contributed by atoms with Crippen LogP contribution >= 0.6 is 0 Å². The second kappa shape index (κ2) is 8.82. The Hall–Kier alpha value is -2.60. The van der Waals surface area contributed by atoms with Crippen molar-refractivity contribution in [3.05, 3.63) is 59.5 Å². The summed E-state index contributed by atoms with van der Waals surface area (Å²) < 4.78 is 5.23. The van der Waals surface area contributed by atoms with Gasteiger partial charge in [0.05, 0.1) is 6.26 Å². The standard InChI is InChI=1S/C23H29N3O3/c1-2-19(25-13-11-17-7-3-4-8-18(17)16-25)15-24-22(27)20-9-5-12-26(20)23(28)21-10-6-14-29-21/h3-4,6-8,10,14,19-20H,2,5,9,11-13,15-16H2,1H3,(H,24,27). The molecule has 6 nitrogen and oxygen atoms in total. The monoisotopic (exact) mass is 395 g/mol. The van der Waals surface area contributed by atoms with Crippen LogP contribution < -0.4 is 5.32 Å². The van der Waals surface area contributed by atoms with Gasteiger partial charge in [-0.25, -0.2) is 0 Å². The van der Waals surface area contributed by atoms with E-state index in [9.17, 15) is 9.59 Å². The molecule has 0 bridgehead atoms. The molecular weight excluding hydrogens is 366 g/mol. The Labute approximate surface area is 171 Å². The van der Waals surface area contributed by atoms with Crippen LogP contribution in [0.4, 0.5) is 0 Å². The number of amides is 2. The minimum atomic E-state index is -0.410. The van der Waals surface area contributed by atoms with Gasteiger partial charge in [-0.05, 0) is 48.9 Å². The van der Waals surface area contributed by atoms with Crippen molar-refractivity contribution in [1.29, 1.82) is 0 Å². The summed E-state index contributed by atoms with van der Waals surface area (Å²) in [4.78, 5) is 29.6. The zero-order chi connectivity index (χ0) is 20.2. The van der Waals surface area contributed by atoms with Gasteiger partial charge in [0.2, 0.25) is 5.91 Å². The molecule has 2 aromatic rings. The number of hydrogen-bond donors (Lipinski definition) is 1. The fourth-order valence-corrected chi connectivity index (χ4v) is 4.52. The SMILES string of the molecule is CCC(CNC(=O)C1CCCN1C(=O)c1ccco1)N1CCc2ccccc2C1. The van der Waals surface area contributed by atoms with E-state index in [1.165, 1.54) is 17.4 Å². The number of nitrogens with one attached hydrogen (secondary N) is 1. The van der Waals surface area contributed by atoms with E-state index in [1.54, 1.807) is 17.0 Å². The minimum absolute atomic E-state index is 0.0572. The van der Waals surface area contributed by atoms with Crippen LogP contribution in [0.15, 0.2) is 47.1 Å². The zero-order valence-corrected chi connectivity index (χ0v) is 17.0. The Balaban J connectivity index is 1.35. The number of nitrogens with zero attached hydrogens (tertiary/aromatic N) is 2. The molecule has 2 amide bonds. The first-order chi connectivity index (χ1) is 14.2. The van der Waals surface area contributed by atoms with E-state index in [4.69, 9.17) is 4.42 Å². The van der Waals surface area contributed by atoms with Gasteiger partial charge in [-0.3, -0.25) is 14.5 Å². The van der Waals surface area contributed by atoms with Crippen LogP contribution in [0.2, 0.25) is 0 Å². The van der Waals surface area contributed by atoms with Gasteiger partial charge in [0.1, 0.15) is 6.04 Å². The predicted molar refractivity (Wildman–Crippen MR) is 110 cm³/mol. The smallest absolute Gasteiger partial charge is 0.290 e.